The van der Waals surface area contributed by atoms with E-state index >= 15 is 0 Å². The quantitative estimate of drug-likeness (QED) is 0.418. The zero-order valence-electron chi connectivity index (χ0n) is 7.04. The van der Waals surface area contributed by atoms with Crippen LogP contribution < -0.4 is 0 Å². The van der Waals surface area contributed by atoms with Crippen LogP contribution in [0.25, 0.3) is 0 Å². The van der Waals surface area contributed by atoms with Gasteiger partial charge in [-0.1, -0.05) is 51.9 Å². The smallest absolute Gasteiger partial charge is 0.0442 e. The van der Waals surface area contributed by atoms with Crippen molar-refractivity contribution in [1.82, 2.24) is 0 Å². The first-order valence-corrected chi connectivity index (χ1v) is 7.56. The van der Waals surface area contributed by atoms with Crippen LogP contribution in [0.2, 0.25) is 25.7 Å². The second-order valence-electron chi connectivity index (χ2n) is 3.87. The van der Waals surface area contributed by atoms with Crippen molar-refractivity contribution in [2.24, 2.45) is 0 Å². The predicted molar refractivity (Wildman–Crippen MR) is 47.4 cm³/mol. The normalized spacial score (nSPS) is 12.0. The Hall–Kier alpha value is 0.217. The highest BCUT2D eigenvalue weighted by atomic mass is 28.3. The van der Waals surface area contributed by atoms with E-state index in [1.165, 1.54) is 18.9 Å². The van der Waals surface area contributed by atoms with Gasteiger partial charge in [-0.3, -0.25) is 0 Å². The largest absolute Gasteiger partial charge is 0.0695 e. The fourth-order valence-electron chi connectivity index (χ4n) is 0.832. The van der Waals surface area contributed by atoms with Gasteiger partial charge in [-0.05, 0) is 0 Å². The summed E-state index contributed by atoms with van der Waals surface area (Å²) in [4.78, 5) is 0. The lowest BCUT2D eigenvalue weighted by Crippen LogP contribution is -2.18. The molecule has 0 unspecified atom stereocenters. The molecule has 1 heteroatoms. The van der Waals surface area contributed by atoms with E-state index in [-0.39, 0.29) is 0 Å². The van der Waals surface area contributed by atoms with Gasteiger partial charge in [0.2, 0.25) is 0 Å². The van der Waals surface area contributed by atoms with Gasteiger partial charge in [0.05, 0.1) is 0 Å². The second kappa shape index (κ2) is 4.10. The van der Waals surface area contributed by atoms with Crippen LogP contribution in [-0.2, 0) is 0 Å². The van der Waals surface area contributed by atoms with Crippen molar-refractivity contribution in [2.45, 2.75) is 44.9 Å². The van der Waals surface area contributed by atoms with Crippen LogP contribution in [-0.4, -0.2) is 8.07 Å². The number of rotatable bonds is 4. The third-order valence-corrected chi connectivity index (χ3v) is 3.28. The molecule has 0 rings (SSSR count). The molecule has 0 aromatic rings. The molecule has 9 heavy (non-hydrogen) atoms. The van der Waals surface area contributed by atoms with Crippen LogP contribution in [0.3, 0.4) is 0 Å². The highest BCUT2D eigenvalue weighted by Crippen LogP contribution is 2.13. The number of hydrogen-bond acceptors (Lipinski definition) is 0. The zero-order chi connectivity index (χ0) is 7.33. The minimum Gasteiger partial charge on any atom is -0.0695 e. The van der Waals surface area contributed by atoms with E-state index in [0.29, 0.717) is 0 Å². The summed E-state index contributed by atoms with van der Waals surface area (Å²) < 4.78 is 0. The molecular weight excluding hydrogens is 124 g/mol. The van der Waals surface area contributed by atoms with Crippen molar-refractivity contribution in [3.05, 3.63) is 6.92 Å². The summed E-state index contributed by atoms with van der Waals surface area (Å²) in [6.45, 7) is 11.1. The van der Waals surface area contributed by atoms with Crippen LogP contribution >= 0.6 is 0 Å². The van der Waals surface area contributed by atoms with Crippen molar-refractivity contribution in [1.29, 1.82) is 0 Å². The van der Waals surface area contributed by atoms with E-state index in [2.05, 4.69) is 26.6 Å². The minimum atomic E-state index is -0.722. The molecule has 55 valence electrons. The van der Waals surface area contributed by atoms with E-state index in [1.807, 2.05) is 0 Å². The molecule has 0 bridgehead atoms. The van der Waals surface area contributed by atoms with E-state index < -0.39 is 8.07 Å². The maximum absolute atomic E-state index is 3.82. The van der Waals surface area contributed by atoms with Gasteiger partial charge < -0.3 is 0 Å². The molecule has 0 nitrogen and oxygen atoms in total. The average Bonchev–Trinajstić information content (AvgIpc) is 1.63. The van der Waals surface area contributed by atoms with Gasteiger partial charge in [0.15, 0.2) is 0 Å². The number of unbranched alkanes of at least 4 members (excludes halogenated alkanes) is 2. The first-order chi connectivity index (χ1) is 4.06. The van der Waals surface area contributed by atoms with E-state index in [1.54, 1.807) is 0 Å². The molecule has 0 heterocycles. The molecule has 0 aliphatic rings. The summed E-state index contributed by atoms with van der Waals surface area (Å²) in [6.07, 6.45) is 3.84. The van der Waals surface area contributed by atoms with E-state index in [0.717, 1.165) is 6.42 Å². The Labute approximate surface area is 60.7 Å². The fraction of sp³-hybridized carbons (Fsp3) is 0.875. The van der Waals surface area contributed by atoms with Gasteiger partial charge in [-0.2, -0.15) is 0 Å². The maximum atomic E-state index is 3.82. The zero-order valence-corrected chi connectivity index (χ0v) is 8.04. The third kappa shape index (κ3) is 8.22. The van der Waals surface area contributed by atoms with E-state index in [9.17, 15) is 0 Å². The maximum Gasteiger partial charge on any atom is 0.0442 e. The van der Waals surface area contributed by atoms with Crippen molar-refractivity contribution < 1.29 is 0 Å². The lowest BCUT2D eigenvalue weighted by molar-refractivity contribution is 0.801. The Morgan fingerprint density at radius 2 is 1.67 bits per heavy atom. The topological polar surface area (TPSA) is 0 Å². The minimum absolute atomic E-state index is 0.722. The van der Waals surface area contributed by atoms with Crippen LogP contribution in [0.4, 0.5) is 0 Å². The molecule has 0 N–H and O–H groups in total. The molecule has 0 fully saturated rings. The molecule has 0 aliphatic carbocycles. The van der Waals surface area contributed by atoms with Gasteiger partial charge in [-0.25, -0.2) is 0 Å². The molecular formula is C8H19Si. The molecule has 0 saturated carbocycles. The number of hydrogen-bond donors (Lipinski definition) is 0. The highest BCUT2D eigenvalue weighted by molar-refractivity contribution is 6.76. The summed E-state index contributed by atoms with van der Waals surface area (Å²) in [5.41, 5.74) is 0. The lowest BCUT2D eigenvalue weighted by Gasteiger charge is -2.14. The van der Waals surface area contributed by atoms with Crippen molar-refractivity contribution in [2.75, 3.05) is 0 Å². The fourth-order valence-corrected chi connectivity index (χ4v) is 2.14. The molecule has 0 aromatic carbocycles. The Morgan fingerprint density at radius 3 is 2.00 bits per heavy atom. The molecule has 0 saturated heterocycles. The Kier molecular flexibility index (Phi) is 4.20. The van der Waals surface area contributed by atoms with Gasteiger partial charge in [0.1, 0.15) is 0 Å². The molecule has 0 aromatic heterocycles. The monoisotopic (exact) mass is 143 g/mol. The standard InChI is InChI=1S/C8H19Si/c1-5-6-7-8-9(2,3)4/h1,5-8H2,2-4H3. The molecule has 0 aliphatic heterocycles. The average molecular weight is 143 g/mol. The first kappa shape index (κ1) is 9.22. The van der Waals surface area contributed by atoms with Crippen LogP contribution in [0.5, 0.6) is 0 Å². The predicted octanol–water partition coefficient (Wildman–Crippen LogP) is 3.33. The van der Waals surface area contributed by atoms with Gasteiger partial charge in [0.25, 0.3) is 0 Å². The van der Waals surface area contributed by atoms with E-state index in [4.69, 9.17) is 0 Å². The lowest BCUT2D eigenvalue weighted by atomic mass is 10.3. The SMILES string of the molecule is [CH2]CCCC[Si](C)(C)C. The van der Waals surface area contributed by atoms with Crippen molar-refractivity contribution >= 4 is 8.07 Å². The summed E-state index contributed by atoms with van der Waals surface area (Å²) in [6, 6.07) is 1.47. The summed E-state index contributed by atoms with van der Waals surface area (Å²) in [5, 5.41) is 0. The highest BCUT2D eigenvalue weighted by Gasteiger charge is 2.10. The van der Waals surface area contributed by atoms with Gasteiger partial charge in [-0.15, -0.1) is 0 Å². The van der Waals surface area contributed by atoms with Gasteiger partial charge >= 0.3 is 0 Å². The van der Waals surface area contributed by atoms with Crippen molar-refractivity contribution in [3.8, 4) is 0 Å². The summed E-state index contributed by atoms with van der Waals surface area (Å²) in [7, 11) is -0.722. The Bertz CT molecular complexity index is 61.5. The Morgan fingerprint density at radius 1 is 1.11 bits per heavy atom. The van der Waals surface area contributed by atoms with Crippen LogP contribution in [0.15, 0.2) is 0 Å². The molecule has 1 radical (unpaired) electrons. The molecule has 0 amide bonds. The summed E-state index contributed by atoms with van der Waals surface area (Å²) >= 11 is 0. The van der Waals surface area contributed by atoms with Crippen LogP contribution in [0.1, 0.15) is 19.3 Å². The second-order valence-corrected chi connectivity index (χ2v) is 9.49. The van der Waals surface area contributed by atoms with Crippen molar-refractivity contribution in [3.63, 3.8) is 0 Å². The summed E-state index contributed by atoms with van der Waals surface area (Å²) in [5.74, 6) is 0. The third-order valence-electron chi connectivity index (χ3n) is 1.43. The first-order valence-electron chi connectivity index (χ1n) is 3.85. The van der Waals surface area contributed by atoms with Crippen LogP contribution in [0, 0.1) is 6.92 Å². The molecule has 0 atom stereocenters. The Balaban J connectivity index is 3.07. The molecule has 0 spiro atoms. The van der Waals surface area contributed by atoms with Gasteiger partial charge in [0, 0.05) is 8.07 Å².